The highest BCUT2D eigenvalue weighted by Gasteiger charge is 2.13. The first-order chi connectivity index (χ1) is 9.99. The van der Waals surface area contributed by atoms with E-state index in [4.69, 9.17) is 0 Å². The number of carbonyl (C=O) groups excluding carboxylic acids is 1. The van der Waals surface area contributed by atoms with Crippen molar-refractivity contribution in [3.05, 3.63) is 52.6 Å². The molecule has 0 radical (unpaired) electrons. The molecule has 0 aliphatic heterocycles. The SMILES string of the molecule is Cc1n[nH]c(C)c1CCCN(C)C(=O)c1cccc(F)c1. The van der Waals surface area contributed by atoms with Crippen LogP contribution in [-0.2, 0) is 6.42 Å². The highest BCUT2D eigenvalue weighted by molar-refractivity contribution is 5.94. The van der Waals surface area contributed by atoms with Crippen molar-refractivity contribution in [3.63, 3.8) is 0 Å². The van der Waals surface area contributed by atoms with Crippen molar-refractivity contribution in [1.82, 2.24) is 15.1 Å². The van der Waals surface area contributed by atoms with E-state index in [9.17, 15) is 9.18 Å². The summed E-state index contributed by atoms with van der Waals surface area (Å²) in [6.45, 7) is 4.59. The summed E-state index contributed by atoms with van der Waals surface area (Å²) >= 11 is 0. The number of halogens is 1. The third-order valence-corrected chi connectivity index (χ3v) is 3.62. The average Bonchev–Trinajstić information content (AvgIpc) is 2.78. The molecule has 0 fully saturated rings. The molecule has 21 heavy (non-hydrogen) atoms. The van der Waals surface area contributed by atoms with Crippen LogP contribution in [0.1, 0.15) is 33.7 Å². The van der Waals surface area contributed by atoms with Gasteiger partial charge >= 0.3 is 0 Å². The minimum Gasteiger partial charge on any atom is -0.342 e. The van der Waals surface area contributed by atoms with Crippen molar-refractivity contribution in [2.24, 2.45) is 0 Å². The maximum Gasteiger partial charge on any atom is 0.253 e. The Bertz CT molecular complexity index is 617. The summed E-state index contributed by atoms with van der Waals surface area (Å²) in [4.78, 5) is 13.8. The second kappa shape index (κ2) is 6.52. The molecular formula is C16H20FN3O. The summed E-state index contributed by atoms with van der Waals surface area (Å²) in [5.41, 5.74) is 3.67. The predicted octanol–water partition coefficient (Wildman–Crippen LogP) is 2.87. The lowest BCUT2D eigenvalue weighted by Crippen LogP contribution is -2.28. The summed E-state index contributed by atoms with van der Waals surface area (Å²) in [6.07, 6.45) is 1.72. The topological polar surface area (TPSA) is 49.0 Å². The van der Waals surface area contributed by atoms with Crippen LogP contribution in [0.5, 0.6) is 0 Å². The van der Waals surface area contributed by atoms with Crippen molar-refractivity contribution in [2.75, 3.05) is 13.6 Å². The van der Waals surface area contributed by atoms with E-state index in [2.05, 4.69) is 10.2 Å². The highest BCUT2D eigenvalue weighted by Crippen LogP contribution is 2.13. The Hall–Kier alpha value is -2.17. The Morgan fingerprint density at radius 3 is 2.76 bits per heavy atom. The fourth-order valence-electron chi connectivity index (χ4n) is 2.38. The number of hydrogen-bond donors (Lipinski definition) is 1. The molecule has 1 N–H and O–H groups in total. The first kappa shape index (κ1) is 15.2. The number of benzene rings is 1. The number of amides is 1. The zero-order valence-electron chi connectivity index (χ0n) is 12.6. The molecule has 0 aliphatic carbocycles. The number of aromatic amines is 1. The van der Waals surface area contributed by atoms with Crippen molar-refractivity contribution >= 4 is 5.91 Å². The zero-order valence-corrected chi connectivity index (χ0v) is 12.6. The van der Waals surface area contributed by atoms with E-state index in [-0.39, 0.29) is 11.7 Å². The zero-order chi connectivity index (χ0) is 15.4. The number of aryl methyl sites for hydroxylation is 2. The molecule has 0 aliphatic rings. The van der Waals surface area contributed by atoms with Gasteiger partial charge in [0.1, 0.15) is 5.82 Å². The molecule has 0 unspecified atom stereocenters. The van der Waals surface area contributed by atoms with Gasteiger partial charge in [-0.3, -0.25) is 9.89 Å². The number of H-pyrrole nitrogens is 1. The highest BCUT2D eigenvalue weighted by atomic mass is 19.1. The summed E-state index contributed by atoms with van der Waals surface area (Å²) in [7, 11) is 1.74. The third-order valence-electron chi connectivity index (χ3n) is 3.62. The molecule has 4 nitrogen and oxygen atoms in total. The molecule has 112 valence electrons. The summed E-state index contributed by atoms with van der Waals surface area (Å²) in [6, 6.07) is 5.78. The molecular weight excluding hydrogens is 269 g/mol. The van der Waals surface area contributed by atoms with Crippen molar-refractivity contribution < 1.29 is 9.18 Å². The Balaban J connectivity index is 1.90. The summed E-state index contributed by atoms with van der Waals surface area (Å²) < 4.78 is 13.1. The number of hydrogen-bond acceptors (Lipinski definition) is 2. The molecule has 0 spiro atoms. The number of rotatable bonds is 5. The maximum atomic E-state index is 13.1. The van der Waals surface area contributed by atoms with Gasteiger partial charge in [0.25, 0.3) is 5.91 Å². The Labute approximate surface area is 124 Å². The van der Waals surface area contributed by atoms with Gasteiger partial charge in [0.05, 0.1) is 5.69 Å². The van der Waals surface area contributed by atoms with Gasteiger partial charge in [0.2, 0.25) is 0 Å². The first-order valence-corrected chi connectivity index (χ1v) is 7.00. The molecule has 1 amide bonds. The normalized spacial score (nSPS) is 10.7. The largest absolute Gasteiger partial charge is 0.342 e. The van der Waals surface area contributed by atoms with Gasteiger partial charge in [-0.05, 0) is 50.5 Å². The van der Waals surface area contributed by atoms with Crippen molar-refractivity contribution in [2.45, 2.75) is 26.7 Å². The van der Waals surface area contributed by atoms with Gasteiger partial charge in [-0.2, -0.15) is 5.10 Å². The van der Waals surface area contributed by atoms with Crippen LogP contribution in [-0.4, -0.2) is 34.6 Å². The molecule has 0 atom stereocenters. The van der Waals surface area contributed by atoms with Gasteiger partial charge in [-0.15, -0.1) is 0 Å². The maximum absolute atomic E-state index is 13.1. The molecule has 0 saturated carbocycles. The molecule has 1 aromatic carbocycles. The van der Waals surface area contributed by atoms with E-state index >= 15 is 0 Å². The van der Waals surface area contributed by atoms with Gasteiger partial charge in [-0.1, -0.05) is 6.07 Å². The first-order valence-electron chi connectivity index (χ1n) is 7.00. The standard InChI is InChI=1S/C16H20FN3O/c1-11-15(12(2)19-18-11)8-5-9-20(3)16(21)13-6-4-7-14(17)10-13/h4,6-7,10H,5,8-9H2,1-3H3,(H,18,19). The van der Waals surface area contributed by atoms with Crippen LogP contribution in [0.25, 0.3) is 0 Å². The summed E-state index contributed by atoms with van der Waals surface area (Å²) in [5.74, 6) is -0.547. The van der Waals surface area contributed by atoms with Crippen LogP contribution < -0.4 is 0 Å². The quantitative estimate of drug-likeness (QED) is 0.920. The van der Waals surface area contributed by atoms with Crippen LogP contribution in [0.3, 0.4) is 0 Å². The molecule has 0 saturated heterocycles. The van der Waals surface area contributed by atoms with E-state index in [1.54, 1.807) is 24.1 Å². The monoisotopic (exact) mass is 289 g/mol. The van der Waals surface area contributed by atoms with Crippen LogP contribution >= 0.6 is 0 Å². The fourth-order valence-corrected chi connectivity index (χ4v) is 2.38. The molecule has 1 aromatic heterocycles. The van der Waals surface area contributed by atoms with Crippen molar-refractivity contribution in [1.29, 1.82) is 0 Å². The lowest BCUT2D eigenvalue weighted by molar-refractivity contribution is 0.0793. The van der Waals surface area contributed by atoms with E-state index < -0.39 is 0 Å². The Morgan fingerprint density at radius 2 is 2.14 bits per heavy atom. The van der Waals surface area contributed by atoms with Crippen LogP contribution in [0, 0.1) is 19.7 Å². The minimum absolute atomic E-state index is 0.157. The van der Waals surface area contributed by atoms with Gasteiger partial charge < -0.3 is 4.90 Å². The second-order valence-corrected chi connectivity index (χ2v) is 5.25. The van der Waals surface area contributed by atoms with Gasteiger partial charge in [-0.25, -0.2) is 4.39 Å². The average molecular weight is 289 g/mol. The summed E-state index contributed by atoms with van der Waals surface area (Å²) in [5, 5.41) is 7.12. The molecule has 5 heteroatoms. The van der Waals surface area contributed by atoms with Gasteiger partial charge in [0.15, 0.2) is 0 Å². The van der Waals surface area contributed by atoms with Crippen LogP contribution in [0.4, 0.5) is 4.39 Å². The molecule has 2 rings (SSSR count). The molecule has 0 bridgehead atoms. The number of aromatic nitrogens is 2. The van der Waals surface area contributed by atoms with Gasteiger partial charge in [0, 0.05) is 24.8 Å². The lowest BCUT2D eigenvalue weighted by Gasteiger charge is -2.17. The van der Waals surface area contributed by atoms with Crippen LogP contribution in [0.15, 0.2) is 24.3 Å². The smallest absolute Gasteiger partial charge is 0.253 e. The third kappa shape index (κ3) is 3.68. The second-order valence-electron chi connectivity index (χ2n) is 5.25. The minimum atomic E-state index is -0.390. The number of carbonyl (C=O) groups is 1. The fraction of sp³-hybridized carbons (Fsp3) is 0.375. The van der Waals surface area contributed by atoms with Crippen LogP contribution in [0.2, 0.25) is 0 Å². The van der Waals surface area contributed by atoms with E-state index in [1.165, 1.54) is 17.7 Å². The molecule has 2 aromatic rings. The van der Waals surface area contributed by atoms with E-state index in [0.29, 0.717) is 12.1 Å². The van der Waals surface area contributed by atoms with E-state index in [0.717, 1.165) is 24.2 Å². The lowest BCUT2D eigenvalue weighted by atomic mass is 10.1. The Kier molecular flexibility index (Phi) is 4.73. The predicted molar refractivity (Wildman–Crippen MR) is 79.7 cm³/mol. The number of nitrogens with zero attached hydrogens (tertiary/aromatic N) is 2. The number of nitrogens with one attached hydrogen (secondary N) is 1. The van der Waals surface area contributed by atoms with Crippen molar-refractivity contribution in [3.8, 4) is 0 Å². The molecule has 1 heterocycles. The Morgan fingerprint density at radius 1 is 1.38 bits per heavy atom. The van der Waals surface area contributed by atoms with E-state index in [1.807, 2.05) is 13.8 Å².